The molecule has 5 heteroatoms. The van der Waals surface area contributed by atoms with Gasteiger partial charge in [0.25, 0.3) is 5.91 Å². The average Bonchev–Trinajstić information content (AvgIpc) is 2.38. The van der Waals surface area contributed by atoms with Gasteiger partial charge in [0.05, 0.1) is 12.1 Å². The summed E-state index contributed by atoms with van der Waals surface area (Å²) < 4.78 is 0. The van der Waals surface area contributed by atoms with Gasteiger partial charge in [-0.3, -0.25) is 9.59 Å². The van der Waals surface area contributed by atoms with Crippen molar-refractivity contribution in [3.8, 4) is 0 Å². The molecule has 1 heterocycles. The molecule has 1 aliphatic rings. The van der Waals surface area contributed by atoms with E-state index in [-0.39, 0.29) is 17.6 Å². The van der Waals surface area contributed by atoms with Gasteiger partial charge in [-0.2, -0.15) is 0 Å². The summed E-state index contributed by atoms with van der Waals surface area (Å²) in [7, 11) is 0. The Labute approximate surface area is 118 Å². The van der Waals surface area contributed by atoms with E-state index >= 15 is 0 Å². The standard InChI is InChI=1S/C15H22N2O3/c1-10-4-3-5-15(7-10,9-18)17-14(20)12-8-16-11(2)6-13(12)19/h6,8,10,18H,3-5,7,9H2,1-2H3,(H,16,19)(H,17,20). The highest BCUT2D eigenvalue weighted by Crippen LogP contribution is 2.32. The number of nitrogens with one attached hydrogen (secondary N) is 2. The van der Waals surface area contributed by atoms with Crippen molar-refractivity contribution in [3.05, 3.63) is 33.7 Å². The maximum absolute atomic E-state index is 12.3. The quantitative estimate of drug-likeness (QED) is 0.780. The van der Waals surface area contributed by atoms with E-state index in [2.05, 4.69) is 17.2 Å². The van der Waals surface area contributed by atoms with Crippen LogP contribution in [0.1, 0.15) is 48.7 Å². The van der Waals surface area contributed by atoms with E-state index in [0.717, 1.165) is 31.4 Å². The fourth-order valence-corrected chi connectivity index (χ4v) is 3.02. The number of rotatable bonds is 3. The first-order valence-corrected chi connectivity index (χ1v) is 7.08. The van der Waals surface area contributed by atoms with Gasteiger partial charge in [0.1, 0.15) is 5.56 Å². The highest BCUT2D eigenvalue weighted by Gasteiger charge is 2.36. The number of hydrogen-bond acceptors (Lipinski definition) is 3. The van der Waals surface area contributed by atoms with Crippen LogP contribution in [0.25, 0.3) is 0 Å². The summed E-state index contributed by atoms with van der Waals surface area (Å²) in [4.78, 5) is 27.0. The predicted molar refractivity (Wildman–Crippen MR) is 76.7 cm³/mol. The number of aliphatic hydroxyl groups is 1. The lowest BCUT2D eigenvalue weighted by molar-refractivity contribution is 0.0696. The molecule has 1 aliphatic carbocycles. The average molecular weight is 278 g/mol. The van der Waals surface area contributed by atoms with Gasteiger partial charge in [0.15, 0.2) is 5.43 Å². The van der Waals surface area contributed by atoms with E-state index in [1.54, 1.807) is 6.92 Å². The maximum atomic E-state index is 12.3. The van der Waals surface area contributed by atoms with E-state index in [1.807, 2.05) is 0 Å². The Bertz CT molecular complexity index is 552. The lowest BCUT2D eigenvalue weighted by atomic mass is 9.76. The Balaban J connectivity index is 2.19. The minimum absolute atomic E-state index is 0.0904. The largest absolute Gasteiger partial charge is 0.394 e. The fraction of sp³-hybridized carbons (Fsp3) is 0.600. The van der Waals surface area contributed by atoms with Crippen molar-refractivity contribution >= 4 is 5.91 Å². The van der Waals surface area contributed by atoms with E-state index in [4.69, 9.17) is 0 Å². The van der Waals surface area contributed by atoms with Crippen molar-refractivity contribution in [1.29, 1.82) is 0 Å². The molecule has 3 N–H and O–H groups in total. The lowest BCUT2D eigenvalue weighted by Gasteiger charge is -2.39. The summed E-state index contributed by atoms with van der Waals surface area (Å²) in [5, 5.41) is 12.5. The van der Waals surface area contributed by atoms with Crippen LogP contribution in [-0.2, 0) is 0 Å². The number of carbonyl (C=O) groups excluding carboxylic acids is 1. The molecule has 5 nitrogen and oxygen atoms in total. The molecule has 2 atom stereocenters. The summed E-state index contributed by atoms with van der Waals surface area (Å²) in [6.45, 7) is 3.79. The van der Waals surface area contributed by atoms with E-state index in [0.29, 0.717) is 5.92 Å². The third-order valence-corrected chi connectivity index (χ3v) is 4.07. The van der Waals surface area contributed by atoms with Gasteiger partial charge in [0, 0.05) is 18.0 Å². The number of carbonyl (C=O) groups is 1. The summed E-state index contributed by atoms with van der Waals surface area (Å²) in [6.07, 6.45) is 5.03. The molecule has 2 unspecified atom stereocenters. The monoisotopic (exact) mass is 278 g/mol. The van der Waals surface area contributed by atoms with Crippen LogP contribution in [0, 0.1) is 12.8 Å². The molecule has 1 fully saturated rings. The van der Waals surface area contributed by atoms with Crippen LogP contribution in [0.4, 0.5) is 0 Å². The molecule has 0 radical (unpaired) electrons. The summed E-state index contributed by atoms with van der Waals surface area (Å²) in [5.41, 5.74) is -0.0708. The van der Waals surface area contributed by atoms with Crippen molar-refractivity contribution in [3.63, 3.8) is 0 Å². The number of aryl methyl sites for hydroxylation is 1. The van der Waals surface area contributed by atoms with E-state index in [9.17, 15) is 14.7 Å². The zero-order valence-electron chi connectivity index (χ0n) is 12.0. The minimum Gasteiger partial charge on any atom is -0.394 e. The van der Waals surface area contributed by atoms with Crippen molar-refractivity contribution in [2.45, 2.75) is 45.1 Å². The minimum atomic E-state index is -0.591. The molecule has 1 saturated carbocycles. The van der Waals surface area contributed by atoms with Crippen LogP contribution in [-0.4, -0.2) is 28.1 Å². The summed E-state index contributed by atoms with van der Waals surface area (Å²) in [6, 6.07) is 1.41. The number of aliphatic hydroxyl groups excluding tert-OH is 1. The predicted octanol–water partition coefficient (Wildman–Crippen LogP) is 1.35. The third-order valence-electron chi connectivity index (χ3n) is 4.07. The van der Waals surface area contributed by atoms with Crippen LogP contribution in [0.15, 0.2) is 17.1 Å². The van der Waals surface area contributed by atoms with Crippen molar-refractivity contribution in [1.82, 2.24) is 10.3 Å². The van der Waals surface area contributed by atoms with Gasteiger partial charge >= 0.3 is 0 Å². The van der Waals surface area contributed by atoms with Gasteiger partial charge in [-0.05, 0) is 25.7 Å². The third kappa shape index (κ3) is 3.10. The molecule has 1 aromatic heterocycles. The molecule has 0 bridgehead atoms. The fourth-order valence-electron chi connectivity index (χ4n) is 3.02. The number of amides is 1. The lowest BCUT2D eigenvalue weighted by Crippen LogP contribution is -2.54. The second kappa shape index (κ2) is 5.79. The van der Waals surface area contributed by atoms with Crippen LogP contribution in [0.3, 0.4) is 0 Å². The van der Waals surface area contributed by atoms with Gasteiger partial charge in [-0.15, -0.1) is 0 Å². The molecule has 110 valence electrons. The second-order valence-corrected chi connectivity index (χ2v) is 5.99. The molecule has 0 spiro atoms. The zero-order valence-corrected chi connectivity index (χ0v) is 12.0. The normalized spacial score (nSPS) is 26.2. The SMILES string of the molecule is Cc1cc(=O)c(C(=O)NC2(CO)CCCC(C)C2)c[nH]1. The molecule has 0 saturated heterocycles. The number of hydrogen-bond donors (Lipinski definition) is 3. The first kappa shape index (κ1) is 14.8. The Morgan fingerprint density at radius 3 is 2.95 bits per heavy atom. The van der Waals surface area contributed by atoms with Crippen LogP contribution in [0.2, 0.25) is 0 Å². The second-order valence-electron chi connectivity index (χ2n) is 5.99. The summed E-state index contributed by atoms with van der Waals surface area (Å²) in [5.74, 6) is 0.0573. The Morgan fingerprint density at radius 2 is 2.35 bits per heavy atom. The molecular formula is C15H22N2O3. The van der Waals surface area contributed by atoms with Gasteiger partial charge < -0.3 is 15.4 Å². The Hall–Kier alpha value is -1.62. The van der Waals surface area contributed by atoms with Crippen LogP contribution < -0.4 is 10.7 Å². The number of aromatic amines is 1. The molecule has 1 aromatic rings. The summed E-state index contributed by atoms with van der Waals surface area (Å²) >= 11 is 0. The van der Waals surface area contributed by atoms with Crippen molar-refractivity contribution in [2.75, 3.05) is 6.61 Å². The molecule has 0 aromatic carbocycles. The van der Waals surface area contributed by atoms with E-state index < -0.39 is 11.4 Å². The van der Waals surface area contributed by atoms with Gasteiger partial charge in [0.2, 0.25) is 0 Å². The van der Waals surface area contributed by atoms with Gasteiger partial charge in [-0.1, -0.05) is 19.8 Å². The van der Waals surface area contributed by atoms with Crippen molar-refractivity contribution < 1.29 is 9.90 Å². The Kier molecular flexibility index (Phi) is 4.28. The van der Waals surface area contributed by atoms with Gasteiger partial charge in [-0.25, -0.2) is 0 Å². The Morgan fingerprint density at radius 1 is 1.60 bits per heavy atom. The van der Waals surface area contributed by atoms with Crippen LogP contribution >= 0.6 is 0 Å². The number of H-pyrrole nitrogens is 1. The molecule has 0 aliphatic heterocycles. The van der Waals surface area contributed by atoms with E-state index in [1.165, 1.54) is 12.3 Å². The van der Waals surface area contributed by atoms with Crippen molar-refractivity contribution in [2.24, 2.45) is 5.92 Å². The smallest absolute Gasteiger partial charge is 0.257 e. The topological polar surface area (TPSA) is 82.2 Å². The highest BCUT2D eigenvalue weighted by molar-refractivity contribution is 5.94. The molecule has 20 heavy (non-hydrogen) atoms. The van der Waals surface area contributed by atoms with Crippen LogP contribution in [0.5, 0.6) is 0 Å². The highest BCUT2D eigenvalue weighted by atomic mass is 16.3. The molecule has 1 amide bonds. The number of aromatic nitrogens is 1. The number of pyridine rings is 1. The molecular weight excluding hydrogens is 256 g/mol. The molecule has 2 rings (SSSR count). The zero-order chi connectivity index (χ0) is 14.8. The first-order valence-electron chi connectivity index (χ1n) is 7.08. The first-order chi connectivity index (χ1) is 9.46. The maximum Gasteiger partial charge on any atom is 0.257 e.